The van der Waals surface area contributed by atoms with Gasteiger partial charge in [-0.2, -0.15) is 13.2 Å². The summed E-state index contributed by atoms with van der Waals surface area (Å²) < 4.78 is 58.6. The molecule has 1 saturated heterocycles. The van der Waals surface area contributed by atoms with Gasteiger partial charge in [-0.1, -0.05) is 13.3 Å². The molecule has 3 nitrogen and oxygen atoms in total. The first-order valence-electron chi connectivity index (χ1n) is 8.20. The molecule has 0 saturated carbocycles. The van der Waals surface area contributed by atoms with Gasteiger partial charge in [0.05, 0.1) is 11.3 Å². The van der Waals surface area contributed by atoms with E-state index in [1.54, 1.807) is 0 Å². The van der Waals surface area contributed by atoms with Crippen LogP contribution >= 0.6 is 11.8 Å². The minimum absolute atomic E-state index is 0.0924. The van der Waals surface area contributed by atoms with E-state index in [4.69, 9.17) is 4.74 Å². The van der Waals surface area contributed by atoms with Gasteiger partial charge in [0.2, 0.25) is 5.91 Å². The van der Waals surface area contributed by atoms with Crippen LogP contribution in [-0.2, 0) is 15.7 Å². The van der Waals surface area contributed by atoms with Gasteiger partial charge in [-0.25, -0.2) is 4.39 Å². The molecule has 0 aliphatic carbocycles. The third-order valence-corrected chi connectivity index (χ3v) is 5.12. The maximum absolute atomic E-state index is 13.5. The summed E-state index contributed by atoms with van der Waals surface area (Å²) >= 11 is 1.09. The van der Waals surface area contributed by atoms with Crippen LogP contribution in [0.4, 0.5) is 17.6 Å². The maximum Gasteiger partial charge on any atom is 0.416 e. The number of nitrogens with zero attached hydrogens (tertiary/aromatic N) is 1. The normalized spacial score (nSPS) is 18.2. The van der Waals surface area contributed by atoms with Crippen molar-refractivity contribution in [1.29, 1.82) is 0 Å². The van der Waals surface area contributed by atoms with Crippen molar-refractivity contribution in [3.8, 4) is 0 Å². The molecular formula is C17H21F4NO2S. The van der Waals surface area contributed by atoms with Crippen molar-refractivity contribution in [2.75, 3.05) is 25.5 Å². The van der Waals surface area contributed by atoms with Gasteiger partial charge in [0.25, 0.3) is 0 Å². The summed E-state index contributed by atoms with van der Waals surface area (Å²) in [6.07, 6.45) is -2.10. The molecule has 1 aliphatic rings. The lowest BCUT2D eigenvalue weighted by Crippen LogP contribution is -2.31. The Kier molecular flexibility index (Phi) is 7.13. The third kappa shape index (κ3) is 5.34. The van der Waals surface area contributed by atoms with Crippen LogP contribution in [-0.4, -0.2) is 36.3 Å². The molecule has 25 heavy (non-hydrogen) atoms. The first kappa shape index (κ1) is 20.0. The van der Waals surface area contributed by atoms with Crippen LogP contribution in [0.3, 0.4) is 0 Å². The Balaban J connectivity index is 2.09. The van der Waals surface area contributed by atoms with Crippen LogP contribution in [0.2, 0.25) is 0 Å². The molecule has 1 aliphatic heterocycles. The first-order valence-corrected chi connectivity index (χ1v) is 9.25. The van der Waals surface area contributed by atoms with Crippen LogP contribution in [0.15, 0.2) is 18.2 Å². The number of hydrogen-bond acceptors (Lipinski definition) is 3. The number of unbranched alkanes of at least 4 members (excludes halogenated alkanes) is 1. The summed E-state index contributed by atoms with van der Waals surface area (Å²) in [6.45, 7) is 3.41. The van der Waals surface area contributed by atoms with E-state index in [0.29, 0.717) is 19.6 Å². The lowest BCUT2D eigenvalue weighted by atomic mass is 10.1. The third-order valence-electron chi connectivity index (χ3n) is 3.88. The van der Waals surface area contributed by atoms with Gasteiger partial charge in [-0.15, -0.1) is 11.8 Å². The predicted molar refractivity (Wildman–Crippen MR) is 88.7 cm³/mol. The van der Waals surface area contributed by atoms with E-state index < -0.39 is 22.9 Å². The smallest absolute Gasteiger partial charge is 0.381 e. The first-order chi connectivity index (χ1) is 11.8. The number of thioether (sulfide) groups is 1. The standard InChI is InChI=1S/C17H21F4NO2S/c1-2-3-8-24-9-4-7-22-15(23)11-25-16(22)13-10-12(18)5-6-14(13)17(19,20)21/h5-6,10,16H,2-4,7-9,11H2,1H3. The summed E-state index contributed by atoms with van der Waals surface area (Å²) in [5.74, 6) is -0.887. The fraction of sp³-hybridized carbons (Fsp3) is 0.588. The van der Waals surface area contributed by atoms with Crippen molar-refractivity contribution < 1.29 is 27.1 Å². The second kappa shape index (κ2) is 8.89. The summed E-state index contributed by atoms with van der Waals surface area (Å²) in [7, 11) is 0. The van der Waals surface area contributed by atoms with E-state index in [9.17, 15) is 22.4 Å². The quantitative estimate of drug-likeness (QED) is 0.487. The minimum atomic E-state index is -4.59. The Morgan fingerprint density at radius 1 is 1.28 bits per heavy atom. The van der Waals surface area contributed by atoms with E-state index in [2.05, 4.69) is 0 Å². The van der Waals surface area contributed by atoms with Gasteiger partial charge in [0.15, 0.2) is 0 Å². The molecule has 0 aromatic heterocycles. The van der Waals surface area contributed by atoms with Crippen molar-refractivity contribution in [2.24, 2.45) is 0 Å². The molecule has 1 aromatic rings. The van der Waals surface area contributed by atoms with Crippen molar-refractivity contribution in [3.63, 3.8) is 0 Å². The monoisotopic (exact) mass is 379 g/mol. The average molecular weight is 379 g/mol. The van der Waals surface area contributed by atoms with Crippen molar-refractivity contribution in [2.45, 2.75) is 37.7 Å². The van der Waals surface area contributed by atoms with Gasteiger partial charge in [0.1, 0.15) is 11.2 Å². The Hall–Kier alpha value is -1.28. The summed E-state index contributed by atoms with van der Waals surface area (Å²) in [6, 6.07) is 2.41. The summed E-state index contributed by atoms with van der Waals surface area (Å²) in [5, 5.41) is -0.824. The molecule has 1 amide bonds. The Morgan fingerprint density at radius 2 is 2.00 bits per heavy atom. The second-order valence-corrected chi connectivity index (χ2v) is 6.87. The maximum atomic E-state index is 13.5. The molecule has 8 heteroatoms. The molecule has 0 bridgehead atoms. The zero-order chi connectivity index (χ0) is 18.4. The largest absolute Gasteiger partial charge is 0.416 e. The van der Waals surface area contributed by atoms with Crippen molar-refractivity contribution in [1.82, 2.24) is 4.90 Å². The molecule has 1 unspecified atom stereocenters. The Morgan fingerprint density at radius 3 is 2.68 bits per heavy atom. The minimum Gasteiger partial charge on any atom is -0.381 e. The Bertz CT molecular complexity index is 595. The molecular weight excluding hydrogens is 358 g/mol. The molecule has 1 fully saturated rings. The highest BCUT2D eigenvalue weighted by Crippen LogP contribution is 2.44. The molecule has 1 aromatic carbocycles. The molecule has 2 rings (SSSR count). The van der Waals surface area contributed by atoms with E-state index >= 15 is 0 Å². The molecule has 140 valence electrons. The number of carbonyl (C=O) groups excluding carboxylic acids is 1. The number of ether oxygens (including phenoxy) is 1. The van der Waals surface area contributed by atoms with Crippen molar-refractivity contribution >= 4 is 17.7 Å². The fourth-order valence-electron chi connectivity index (χ4n) is 2.63. The van der Waals surface area contributed by atoms with Crippen LogP contribution < -0.4 is 0 Å². The van der Waals surface area contributed by atoms with Crippen LogP contribution in [0.1, 0.15) is 42.7 Å². The number of halogens is 4. The number of amides is 1. The number of rotatable bonds is 8. The lowest BCUT2D eigenvalue weighted by molar-refractivity contribution is -0.139. The van der Waals surface area contributed by atoms with Crippen LogP contribution in [0, 0.1) is 5.82 Å². The van der Waals surface area contributed by atoms with E-state index in [1.165, 1.54) is 4.90 Å². The van der Waals surface area contributed by atoms with Crippen LogP contribution in [0.5, 0.6) is 0 Å². The van der Waals surface area contributed by atoms with E-state index in [1.807, 2.05) is 6.92 Å². The molecule has 0 radical (unpaired) electrons. The van der Waals surface area contributed by atoms with Gasteiger partial charge < -0.3 is 9.64 Å². The Labute approximate surface area is 148 Å². The highest BCUT2D eigenvalue weighted by Gasteiger charge is 2.40. The molecule has 0 N–H and O–H groups in total. The van der Waals surface area contributed by atoms with Gasteiger partial charge >= 0.3 is 6.18 Å². The predicted octanol–water partition coefficient (Wildman–Crippen LogP) is 4.63. The number of alkyl halides is 3. The average Bonchev–Trinajstić information content (AvgIpc) is 2.90. The highest BCUT2D eigenvalue weighted by molar-refractivity contribution is 8.00. The zero-order valence-corrected chi connectivity index (χ0v) is 14.8. The second-order valence-electron chi connectivity index (χ2n) is 5.80. The van der Waals surface area contributed by atoms with Gasteiger partial charge in [-0.3, -0.25) is 4.79 Å². The molecule has 0 spiro atoms. The van der Waals surface area contributed by atoms with Crippen LogP contribution in [0.25, 0.3) is 0 Å². The van der Waals surface area contributed by atoms with Crippen molar-refractivity contribution in [3.05, 3.63) is 35.1 Å². The lowest BCUT2D eigenvalue weighted by Gasteiger charge is -2.26. The number of carbonyl (C=O) groups is 1. The SMILES string of the molecule is CCCCOCCCN1C(=O)CSC1c1cc(F)ccc1C(F)(F)F. The van der Waals surface area contributed by atoms with E-state index in [-0.39, 0.29) is 23.8 Å². The molecule has 1 heterocycles. The summed E-state index contributed by atoms with van der Waals surface area (Å²) in [4.78, 5) is 13.4. The van der Waals surface area contributed by atoms with Gasteiger partial charge in [-0.05, 0) is 36.6 Å². The summed E-state index contributed by atoms with van der Waals surface area (Å²) in [5.41, 5.74) is -1.10. The number of benzene rings is 1. The topological polar surface area (TPSA) is 29.5 Å². The van der Waals surface area contributed by atoms with Gasteiger partial charge in [0, 0.05) is 19.8 Å². The van der Waals surface area contributed by atoms with E-state index in [0.717, 1.165) is 42.8 Å². The molecule has 1 atom stereocenters. The highest BCUT2D eigenvalue weighted by atomic mass is 32.2. The zero-order valence-electron chi connectivity index (χ0n) is 13.9. The fourth-order valence-corrected chi connectivity index (χ4v) is 3.88. The number of hydrogen-bond donors (Lipinski definition) is 0.